The molecule has 2 atom stereocenters. The number of hydrogen-bond donors (Lipinski definition) is 2. The zero-order valence-corrected chi connectivity index (χ0v) is 4.55. The molecule has 0 aromatic heterocycles. The molecule has 9 heavy (non-hydrogen) atoms. The van der Waals surface area contributed by atoms with Gasteiger partial charge in [0, 0.05) is 6.54 Å². The lowest BCUT2D eigenvalue weighted by Gasteiger charge is -2.04. The molecule has 0 unspecified atom stereocenters. The first-order valence-electron chi connectivity index (χ1n) is 2.30. The third-order valence-electron chi connectivity index (χ3n) is 0.779. The van der Waals surface area contributed by atoms with Gasteiger partial charge in [-0.1, -0.05) is 0 Å². The van der Waals surface area contributed by atoms with Gasteiger partial charge in [-0.15, -0.1) is 0 Å². The predicted molar refractivity (Wildman–Crippen MR) is 26.5 cm³/mol. The highest BCUT2D eigenvalue weighted by Crippen LogP contribution is 2.01. The van der Waals surface area contributed by atoms with E-state index in [9.17, 15) is 13.6 Å². The summed E-state index contributed by atoms with van der Waals surface area (Å²) in [5.74, 6) is -1.81. The number of rotatable bonds is 3. The number of hydrogen-bond acceptors (Lipinski definition) is 2. The van der Waals surface area contributed by atoms with Crippen LogP contribution in [-0.2, 0) is 4.79 Å². The van der Waals surface area contributed by atoms with Crippen LogP contribution in [0.2, 0.25) is 0 Å². The Morgan fingerprint density at radius 3 is 2.22 bits per heavy atom. The molecule has 0 aliphatic carbocycles. The highest BCUT2D eigenvalue weighted by atomic mass is 19.2. The van der Waals surface area contributed by atoms with E-state index in [-0.39, 0.29) is 0 Å². The largest absolute Gasteiger partial charge is 0.479 e. The van der Waals surface area contributed by atoms with Crippen LogP contribution < -0.4 is 5.73 Å². The van der Waals surface area contributed by atoms with Crippen LogP contribution in [0.3, 0.4) is 0 Å². The van der Waals surface area contributed by atoms with E-state index in [1.165, 1.54) is 0 Å². The van der Waals surface area contributed by atoms with Gasteiger partial charge in [-0.05, 0) is 0 Å². The van der Waals surface area contributed by atoms with Gasteiger partial charge in [0.15, 0.2) is 6.17 Å². The van der Waals surface area contributed by atoms with E-state index in [0.29, 0.717) is 0 Å². The van der Waals surface area contributed by atoms with Crippen molar-refractivity contribution in [2.24, 2.45) is 5.73 Å². The number of carboxylic acids is 1. The molecule has 3 N–H and O–H groups in total. The zero-order chi connectivity index (χ0) is 7.44. The molecule has 0 fully saturated rings. The van der Waals surface area contributed by atoms with Crippen molar-refractivity contribution in [2.75, 3.05) is 6.54 Å². The minimum atomic E-state index is -2.49. The summed E-state index contributed by atoms with van der Waals surface area (Å²) < 4.78 is 23.8. The number of carboxylic acid groups (broad SMARTS) is 1. The summed E-state index contributed by atoms with van der Waals surface area (Å²) in [4.78, 5) is 9.63. The van der Waals surface area contributed by atoms with Gasteiger partial charge >= 0.3 is 5.97 Å². The lowest BCUT2D eigenvalue weighted by Crippen LogP contribution is -2.32. The fourth-order valence-electron chi connectivity index (χ4n) is 0.274. The van der Waals surface area contributed by atoms with Crippen molar-refractivity contribution in [2.45, 2.75) is 12.3 Å². The second-order valence-corrected chi connectivity index (χ2v) is 1.49. The Bertz CT molecular complexity index is 109. The van der Waals surface area contributed by atoms with Crippen molar-refractivity contribution in [1.29, 1.82) is 0 Å². The third kappa shape index (κ3) is 2.36. The summed E-state index contributed by atoms with van der Waals surface area (Å²) in [5.41, 5.74) is 4.63. The summed E-state index contributed by atoms with van der Waals surface area (Å²) in [6, 6.07) is 0. The van der Waals surface area contributed by atoms with Gasteiger partial charge in [-0.3, -0.25) is 0 Å². The average Bonchev–Trinajstić information content (AvgIpc) is 1.84. The summed E-state index contributed by atoms with van der Waals surface area (Å²) in [6.45, 7) is -0.604. The van der Waals surface area contributed by atoms with Gasteiger partial charge in [0.25, 0.3) is 0 Å². The second-order valence-electron chi connectivity index (χ2n) is 1.49. The molecule has 0 rings (SSSR count). The number of alkyl halides is 2. The number of nitrogens with two attached hydrogens (primary N) is 1. The van der Waals surface area contributed by atoms with E-state index in [1.807, 2.05) is 0 Å². The van der Waals surface area contributed by atoms with Crippen molar-refractivity contribution in [3.8, 4) is 0 Å². The van der Waals surface area contributed by atoms with Gasteiger partial charge < -0.3 is 10.8 Å². The summed E-state index contributed by atoms with van der Waals surface area (Å²) in [6.07, 6.45) is -4.59. The van der Waals surface area contributed by atoms with Gasteiger partial charge in [-0.25, -0.2) is 13.6 Å². The second kappa shape index (κ2) is 3.34. The smallest absolute Gasteiger partial charge is 0.341 e. The van der Waals surface area contributed by atoms with Crippen molar-refractivity contribution in [3.05, 3.63) is 0 Å². The molecule has 0 aromatic carbocycles. The van der Waals surface area contributed by atoms with Crippen molar-refractivity contribution in [1.82, 2.24) is 0 Å². The van der Waals surface area contributed by atoms with Crippen LogP contribution in [-0.4, -0.2) is 30.0 Å². The molecule has 0 radical (unpaired) electrons. The molecule has 54 valence electrons. The number of aliphatic carboxylic acids is 1. The zero-order valence-electron chi connectivity index (χ0n) is 4.55. The Hall–Kier alpha value is -0.710. The Kier molecular flexibility index (Phi) is 3.08. The maximum absolute atomic E-state index is 11.9. The van der Waals surface area contributed by atoms with Gasteiger partial charge in [0.05, 0.1) is 0 Å². The Labute approximate surface area is 50.5 Å². The summed E-state index contributed by atoms with van der Waals surface area (Å²) in [7, 11) is 0. The molecule has 0 saturated heterocycles. The predicted octanol–water partition coefficient (Wildman–Crippen LogP) is -0.294. The first-order valence-corrected chi connectivity index (χ1v) is 2.30. The minimum absolute atomic E-state index is 0.604. The molecule has 0 aromatic rings. The Morgan fingerprint density at radius 1 is 1.67 bits per heavy atom. The molecule has 0 amide bonds. The molecule has 0 aliphatic rings. The SMILES string of the molecule is NC[C@@H](F)[C@H](F)C(=O)O. The molecule has 0 saturated carbocycles. The van der Waals surface area contributed by atoms with E-state index in [1.54, 1.807) is 0 Å². The van der Waals surface area contributed by atoms with Gasteiger partial charge in [0.1, 0.15) is 0 Å². The lowest BCUT2D eigenvalue weighted by molar-refractivity contribution is -0.145. The molecule has 3 nitrogen and oxygen atoms in total. The molecule has 0 heterocycles. The van der Waals surface area contributed by atoms with E-state index in [2.05, 4.69) is 5.73 Å². The number of halogens is 2. The van der Waals surface area contributed by atoms with Crippen LogP contribution in [0.15, 0.2) is 0 Å². The van der Waals surface area contributed by atoms with E-state index in [0.717, 1.165) is 0 Å². The van der Waals surface area contributed by atoms with Crippen LogP contribution in [0.5, 0.6) is 0 Å². The van der Waals surface area contributed by atoms with Crippen LogP contribution in [0.4, 0.5) is 8.78 Å². The average molecular weight is 139 g/mol. The summed E-state index contributed by atoms with van der Waals surface area (Å²) in [5, 5.41) is 7.81. The maximum atomic E-state index is 11.9. The highest BCUT2D eigenvalue weighted by molar-refractivity contribution is 5.72. The van der Waals surface area contributed by atoms with Crippen LogP contribution in [0.25, 0.3) is 0 Å². The molecular formula is C4H7F2NO2. The van der Waals surface area contributed by atoms with Gasteiger partial charge in [-0.2, -0.15) is 0 Å². The highest BCUT2D eigenvalue weighted by Gasteiger charge is 2.25. The first kappa shape index (κ1) is 8.29. The number of carbonyl (C=O) groups is 1. The molecule has 0 bridgehead atoms. The van der Waals surface area contributed by atoms with Gasteiger partial charge in [0.2, 0.25) is 6.17 Å². The normalized spacial score (nSPS) is 16.8. The maximum Gasteiger partial charge on any atom is 0.341 e. The lowest BCUT2D eigenvalue weighted by atomic mass is 10.2. The topological polar surface area (TPSA) is 63.3 Å². The Balaban J connectivity index is 3.72. The van der Waals surface area contributed by atoms with Crippen molar-refractivity contribution >= 4 is 5.97 Å². The van der Waals surface area contributed by atoms with Crippen LogP contribution in [0, 0.1) is 0 Å². The van der Waals surface area contributed by atoms with Crippen LogP contribution >= 0.6 is 0 Å². The third-order valence-corrected chi connectivity index (χ3v) is 0.779. The fourth-order valence-corrected chi connectivity index (χ4v) is 0.274. The molecular weight excluding hydrogens is 132 g/mol. The van der Waals surface area contributed by atoms with E-state index >= 15 is 0 Å². The molecule has 0 aliphatic heterocycles. The van der Waals surface area contributed by atoms with Crippen molar-refractivity contribution in [3.63, 3.8) is 0 Å². The monoisotopic (exact) mass is 139 g/mol. The van der Waals surface area contributed by atoms with Crippen LogP contribution in [0.1, 0.15) is 0 Å². The van der Waals surface area contributed by atoms with Crippen molar-refractivity contribution < 1.29 is 18.7 Å². The summed E-state index contributed by atoms with van der Waals surface area (Å²) >= 11 is 0. The quantitative estimate of drug-likeness (QED) is 0.564. The minimum Gasteiger partial charge on any atom is -0.479 e. The molecule has 5 heteroatoms. The van der Waals surface area contributed by atoms with E-state index in [4.69, 9.17) is 5.11 Å². The van der Waals surface area contributed by atoms with E-state index < -0.39 is 24.9 Å². The standard InChI is InChI=1S/C4H7F2NO2/c5-2(1-7)3(6)4(8)9/h2-3H,1,7H2,(H,8,9)/t2-,3+/m1/s1. The first-order chi connectivity index (χ1) is 4.09. The molecule has 0 spiro atoms. The fraction of sp³-hybridized carbons (Fsp3) is 0.750. The Morgan fingerprint density at radius 2 is 2.11 bits per heavy atom.